The number of amides is 1. The van der Waals surface area contributed by atoms with Crippen molar-refractivity contribution in [2.24, 2.45) is 5.92 Å². The van der Waals surface area contributed by atoms with Crippen LogP contribution in [0.25, 0.3) is 0 Å². The molecular weight excluding hydrogens is 316 g/mol. The second-order valence-electron chi connectivity index (χ2n) is 6.82. The van der Waals surface area contributed by atoms with Gasteiger partial charge in [0.2, 0.25) is 5.91 Å². The number of nitrogens with zero attached hydrogens (tertiary/aromatic N) is 5. The lowest BCUT2D eigenvalue weighted by Crippen LogP contribution is -2.40. The molecule has 0 aliphatic carbocycles. The van der Waals surface area contributed by atoms with Crippen LogP contribution in [0.5, 0.6) is 0 Å². The minimum Gasteiger partial charge on any atom is -0.352 e. The van der Waals surface area contributed by atoms with E-state index in [-0.39, 0.29) is 11.8 Å². The molecule has 1 unspecified atom stereocenters. The van der Waals surface area contributed by atoms with E-state index in [9.17, 15) is 4.79 Å². The molecule has 134 valence electrons. The first-order valence-corrected chi connectivity index (χ1v) is 8.66. The highest BCUT2D eigenvalue weighted by atomic mass is 16.1. The number of fused-ring (bicyclic) bond motifs is 1. The normalized spacial score (nSPS) is 18.0. The maximum Gasteiger partial charge on any atom is 0.226 e. The van der Waals surface area contributed by atoms with Crippen LogP contribution in [0.3, 0.4) is 0 Å². The number of carbonyl (C=O) groups is 1. The summed E-state index contributed by atoms with van der Waals surface area (Å²) in [6.45, 7) is 4.62. The van der Waals surface area contributed by atoms with Gasteiger partial charge in [-0.1, -0.05) is 6.07 Å². The quantitative estimate of drug-likeness (QED) is 0.832. The molecule has 0 saturated heterocycles. The highest BCUT2D eigenvalue weighted by Gasteiger charge is 2.27. The average molecular weight is 342 g/mol. The Morgan fingerprint density at radius 2 is 2.20 bits per heavy atom. The minimum atomic E-state index is -0.111. The fraction of sp³-hybridized carbons (Fsp3) is 0.500. The van der Waals surface area contributed by atoms with Gasteiger partial charge in [-0.15, -0.1) is 0 Å². The van der Waals surface area contributed by atoms with Gasteiger partial charge in [-0.2, -0.15) is 5.10 Å². The average Bonchev–Trinajstić information content (AvgIpc) is 2.96. The van der Waals surface area contributed by atoms with E-state index in [0.29, 0.717) is 13.1 Å². The van der Waals surface area contributed by atoms with E-state index in [4.69, 9.17) is 0 Å². The topological polar surface area (TPSA) is 66.3 Å². The Morgan fingerprint density at radius 1 is 1.32 bits per heavy atom. The molecule has 1 aliphatic rings. The number of hydrogen-bond donors (Lipinski definition) is 1. The molecule has 2 aromatic heterocycles. The lowest BCUT2D eigenvalue weighted by molar-refractivity contribution is -0.126. The third-order valence-electron chi connectivity index (χ3n) is 4.49. The highest BCUT2D eigenvalue weighted by molar-refractivity contribution is 5.78. The largest absolute Gasteiger partial charge is 0.352 e. The fourth-order valence-corrected chi connectivity index (χ4v) is 3.04. The molecule has 3 heterocycles. The van der Waals surface area contributed by atoms with E-state index in [0.717, 1.165) is 31.7 Å². The number of rotatable bonds is 6. The number of pyridine rings is 1. The maximum absolute atomic E-state index is 12.7. The van der Waals surface area contributed by atoms with Crippen molar-refractivity contribution in [2.45, 2.75) is 19.6 Å². The fourth-order valence-electron chi connectivity index (χ4n) is 3.04. The first-order chi connectivity index (χ1) is 12.1. The maximum atomic E-state index is 12.7. The molecule has 7 heteroatoms. The first kappa shape index (κ1) is 17.6. The van der Waals surface area contributed by atoms with Crippen LogP contribution in [-0.2, 0) is 24.4 Å². The third-order valence-corrected chi connectivity index (χ3v) is 4.49. The summed E-state index contributed by atoms with van der Waals surface area (Å²) in [5.41, 5.74) is 2.18. The van der Waals surface area contributed by atoms with Gasteiger partial charge in [0.25, 0.3) is 0 Å². The van der Waals surface area contributed by atoms with E-state index in [1.165, 1.54) is 5.69 Å². The van der Waals surface area contributed by atoms with Crippen molar-refractivity contribution in [3.05, 3.63) is 48.0 Å². The second kappa shape index (κ2) is 8.22. The lowest BCUT2D eigenvalue weighted by atomic mass is 10.1. The molecule has 1 aliphatic heterocycles. The predicted molar refractivity (Wildman–Crippen MR) is 95.6 cm³/mol. The number of carbonyl (C=O) groups excluding carboxylic acids is 1. The Bertz CT molecular complexity index is 684. The van der Waals surface area contributed by atoms with E-state index >= 15 is 0 Å². The molecule has 1 amide bonds. The molecule has 2 aromatic rings. The van der Waals surface area contributed by atoms with Gasteiger partial charge in [0.05, 0.1) is 18.2 Å². The van der Waals surface area contributed by atoms with Crippen LogP contribution in [0.1, 0.15) is 11.3 Å². The van der Waals surface area contributed by atoms with E-state index in [1.807, 2.05) is 29.1 Å². The summed E-state index contributed by atoms with van der Waals surface area (Å²) >= 11 is 0. The Morgan fingerprint density at radius 3 is 2.96 bits per heavy atom. The molecular formula is C18H26N6O. The van der Waals surface area contributed by atoms with Crippen LogP contribution in [0, 0.1) is 5.92 Å². The SMILES string of the molecule is CN(C)CCN1Cc2ccnn2CC(C(=O)NCc2cccnc2)C1. The van der Waals surface area contributed by atoms with E-state index in [2.05, 4.69) is 39.3 Å². The predicted octanol–water partition coefficient (Wildman–Crippen LogP) is 0.588. The van der Waals surface area contributed by atoms with Crippen molar-refractivity contribution < 1.29 is 4.79 Å². The zero-order valence-corrected chi connectivity index (χ0v) is 14.9. The van der Waals surface area contributed by atoms with Crippen molar-refractivity contribution in [1.82, 2.24) is 29.9 Å². The third kappa shape index (κ3) is 4.87. The molecule has 0 fully saturated rings. The van der Waals surface area contributed by atoms with Crippen molar-refractivity contribution in [3.63, 3.8) is 0 Å². The highest BCUT2D eigenvalue weighted by Crippen LogP contribution is 2.16. The number of hydrogen-bond acceptors (Lipinski definition) is 5. The lowest BCUT2D eigenvalue weighted by Gasteiger charge is -2.24. The van der Waals surface area contributed by atoms with Gasteiger partial charge in [0, 0.05) is 51.3 Å². The molecule has 25 heavy (non-hydrogen) atoms. The van der Waals surface area contributed by atoms with Gasteiger partial charge in [-0.25, -0.2) is 0 Å². The Labute approximate surface area is 148 Å². The molecule has 0 spiro atoms. The van der Waals surface area contributed by atoms with Crippen LogP contribution in [-0.4, -0.2) is 64.2 Å². The summed E-state index contributed by atoms with van der Waals surface area (Å²) in [5, 5.41) is 7.43. The standard InChI is InChI=1S/C18H26N6O/c1-22(2)8-9-23-12-16(13-24-17(14-23)5-7-21-24)18(25)20-11-15-4-3-6-19-10-15/h3-7,10,16H,8-9,11-14H2,1-2H3,(H,20,25). The number of likely N-dealkylation sites (N-methyl/N-ethyl adjacent to an activating group) is 1. The summed E-state index contributed by atoms with van der Waals surface area (Å²) in [6, 6.07) is 5.89. The number of nitrogens with one attached hydrogen (secondary N) is 1. The van der Waals surface area contributed by atoms with Gasteiger partial charge in [0.1, 0.15) is 0 Å². The summed E-state index contributed by atoms with van der Waals surface area (Å²) < 4.78 is 1.96. The first-order valence-electron chi connectivity index (χ1n) is 8.66. The van der Waals surface area contributed by atoms with Gasteiger partial charge in [-0.05, 0) is 31.8 Å². The molecule has 1 atom stereocenters. The summed E-state index contributed by atoms with van der Waals surface area (Å²) in [6.07, 6.45) is 5.33. The van der Waals surface area contributed by atoms with Crippen LogP contribution in [0.4, 0.5) is 0 Å². The van der Waals surface area contributed by atoms with Crippen molar-refractivity contribution in [3.8, 4) is 0 Å². The Balaban J connectivity index is 1.65. The van der Waals surface area contributed by atoms with E-state index in [1.54, 1.807) is 12.4 Å². The molecule has 0 bridgehead atoms. The van der Waals surface area contributed by atoms with Crippen molar-refractivity contribution in [2.75, 3.05) is 33.7 Å². The minimum absolute atomic E-state index is 0.0713. The summed E-state index contributed by atoms with van der Waals surface area (Å²) in [7, 11) is 4.14. The van der Waals surface area contributed by atoms with Crippen molar-refractivity contribution in [1.29, 1.82) is 0 Å². The molecule has 0 radical (unpaired) electrons. The van der Waals surface area contributed by atoms with Gasteiger partial charge < -0.3 is 10.2 Å². The van der Waals surface area contributed by atoms with Crippen LogP contribution in [0.15, 0.2) is 36.8 Å². The van der Waals surface area contributed by atoms with Crippen LogP contribution < -0.4 is 5.32 Å². The van der Waals surface area contributed by atoms with E-state index < -0.39 is 0 Å². The van der Waals surface area contributed by atoms with Crippen LogP contribution >= 0.6 is 0 Å². The summed E-state index contributed by atoms with van der Waals surface area (Å²) in [5.74, 6) is -0.0398. The molecule has 7 nitrogen and oxygen atoms in total. The van der Waals surface area contributed by atoms with Crippen LogP contribution in [0.2, 0.25) is 0 Å². The van der Waals surface area contributed by atoms with Gasteiger partial charge in [-0.3, -0.25) is 19.4 Å². The monoisotopic (exact) mass is 342 g/mol. The zero-order chi connectivity index (χ0) is 17.6. The zero-order valence-electron chi connectivity index (χ0n) is 14.9. The number of aromatic nitrogens is 3. The van der Waals surface area contributed by atoms with Gasteiger partial charge in [0.15, 0.2) is 0 Å². The summed E-state index contributed by atoms with van der Waals surface area (Å²) in [4.78, 5) is 21.3. The van der Waals surface area contributed by atoms with Gasteiger partial charge >= 0.3 is 0 Å². The smallest absolute Gasteiger partial charge is 0.226 e. The Kier molecular flexibility index (Phi) is 5.78. The molecule has 0 aromatic carbocycles. The molecule has 0 saturated carbocycles. The second-order valence-corrected chi connectivity index (χ2v) is 6.82. The molecule has 1 N–H and O–H groups in total. The van der Waals surface area contributed by atoms with Crippen molar-refractivity contribution >= 4 is 5.91 Å². The Hall–Kier alpha value is -2.25. The molecule has 3 rings (SSSR count).